The van der Waals surface area contributed by atoms with Gasteiger partial charge in [-0.3, -0.25) is 0 Å². The van der Waals surface area contributed by atoms with Gasteiger partial charge in [0, 0.05) is 45.5 Å². The summed E-state index contributed by atoms with van der Waals surface area (Å²) in [4.78, 5) is 14.2. The number of piperazine rings is 1. The summed E-state index contributed by atoms with van der Waals surface area (Å²) in [5.41, 5.74) is 1.61. The number of aromatic nitrogens is 1. The minimum absolute atomic E-state index is 0. The molecule has 2 aliphatic rings. The lowest BCUT2D eigenvalue weighted by atomic mass is 9.83. The number of aliphatic imine (C=N–C) groups is 1. The Morgan fingerprint density at radius 2 is 1.83 bits per heavy atom. The molecule has 0 unspecified atom stereocenters. The number of guanidine groups is 1. The van der Waals surface area contributed by atoms with Crippen molar-refractivity contribution in [1.29, 1.82) is 0 Å². The largest absolute Gasteiger partial charge is 0.357 e. The molecule has 1 aliphatic heterocycles. The van der Waals surface area contributed by atoms with Crippen LogP contribution in [-0.4, -0.2) is 62.2 Å². The van der Waals surface area contributed by atoms with Crippen molar-refractivity contribution < 1.29 is 0 Å². The summed E-state index contributed by atoms with van der Waals surface area (Å²) in [6.45, 7) is 11.3. The van der Waals surface area contributed by atoms with Crippen LogP contribution in [0.5, 0.6) is 0 Å². The Morgan fingerprint density at radius 1 is 1.10 bits per heavy atom. The Labute approximate surface area is 194 Å². The number of anilines is 1. The first-order chi connectivity index (χ1) is 13.6. The van der Waals surface area contributed by atoms with Crippen LogP contribution in [-0.2, 0) is 6.54 Å². The summed E-state index contributed by atoms with van der Waals surface area (Å²) in [5, 5.41) is 6.99. The molecule has 1 saturated heterocycles. The van der Waals surface area contributed by atoms with Gasteiger partial charge in [-0.2, -0.15) is 0 Å². The number of hydrogen-bond acceptors (Lipinski definition) is 4. The monoisotopic (exact) mass is 514 g/mol. The van der Waals surface area contributed by atoms with Crippen LogP contribution in [0.15, 0.2) is 23.3 Å². The van der Waals surface area contributed by atoms with Gasteiger partial charge in [-0.1, -0.05) is 25.8 Å². The molecule has 2 fully saturated rings. The SMILES string of the molecule is CCNC(=NCc1ccc(N2CCN(C)CC2)nc1)NCC1(CC)CCCC1.I. The third-order valence-electron chi connectivity index (χ3n) is 6.45. The zero-order valence-corrected chi connectivity index (χ0v) is 20.7. The minimum atomic E-state index is 0. The maximum Gasteiger partial charge on any atom is 0.191 e. The molecule has 1 aromatic rings. The predicted octanol–water partition coefficient (Wildman–Crippen LogP) is 3.48. The quantitative estimate of drug-likeness (QED) is 0.332. The van der Waals surface area contributed by atoms with Crippen molar-refractivity contribution >= 4 is 35.8 Å². The lowest BCUT2D eigenvalue weighted by molar-refractivity contribution is 0.283. The van der Waals surface area contributed by atoms with Gasteiger partial charge in [0.2, 0.25) is 0 Å². The third kappa shape index (κ3) is 6.98. The molecule has 0 atom stereocenters. The normalized spacial score (nSPS) is 19.7. The number of nitrogens with one attached hydrogen (secondary N) is 2. The zero-order valence-electron chi connectivity index (χ0n) is 18.4. The van der Waals surface area contributed by atoms with Gasteiger partial charge in [0.25, 0.3) is 0 Å². The van der Waals surface area contributed by atoms with Crippen LogP contribution in [0.4, 0.5) is 5.82 Å². The van der Waals surface area contributed by atoms with Crippen LogP contribution in [0.3, 0.4) is 0 Å². The molecule has 1 saturated carbocycles. The highest BCUT2D eigenvalue weighted by Crippen LogP contribution is 2.40. The molecule has 0 aromatic carbocycles. The van der Waals surface area contributed by atoms with E-state index in [-0.39, 0.29) is 24.0 Å². The molecular formula is C22H39IN6. The molecule has 2 heterocycles. The second kappa shape index (κ2) is 11.9. The second-order valence-electron chi connectivity index (χ2n) is 8.42. The number of nitrogens with zero attached hydrogens (tertiary/aromatic N) is 4. The molecule has 7 heteroatoms. The molecule has 0 bridgehead atoms. The van der Waals surface area contributed by atoms with E-state index in [1.807, 2.05) is 6.20 Å². The van der Waals surface area contributed by atoms with Gasteiger partial charge < -0.3 is 20.4 Å². The standard InChI is InChI=1S/C22H38N6.HI/c1-4-22(10-6-7-11-22)18-26-21(23-5-2)25-17-19-8-9-20(24-16-19)28-14-12-27(3)13-15-28;/h8-9,16H,4-7,10-15,17-18H2,1-3H3,(H2,23,25,26);1H. The van der Waals surface area contributed by atoms with Gasteiger partial charge in [-0.15, -0.1) is 24.0 Å². The Bertz CT molecular complexity index is 619. The average Bonchev–Trinajstić information content (AvgIpc) is 3.21. The van der Waals surface area contributed by atoms with E-state index in [9.17, 15) is 0 Å². The Morgan fingerprint density at radius 3 is 2.41 bits per heavy atom. The van der Waals surface area contributed by atoms with Gasteiger partial charge in [0.15, 0.2) is 5.96 Å². The van der Waals surface area contributed by atoms with E-state index in [2.05, 4.69) is 58.4 Å². The van der Waals surface area contributed by atoms with Crippen LogP contribution >= 0.6 is 24.0 Å². The fourth-order valence-electron chi connectivity index (χ4n) is 4.30. The van der Waals surface area contributed by atoms with Gasteiger partial charge >= 0.3 is 0 Å². The summed E-state index contributed by atoms with van der Waals surface area (Å²) in [7, 11) is 2.18. The van der Waals surface area contributed by atoms with Crippen molar-refractivity contribution in [2.24, 2.45) is 10.4 Å². The van der Waals surface area contributed by atoms with E-state index >= 15 is 0 Å². The summed E-state index contributed by atoms with van der Waals surface area (Å²) < 4.78 is 0. The first-order valence-corrected chi connectivity index (χ1v) is 11.0. The van der Waals surface area contributed by atoms with Gasteiger partial charge in [0.05, 0.1) is 6.54 Å². The molecule has 0 amide bonds. The number of rotatable bonds is 7. The molecule has 2 N–H and O–H groups in total. The van der Waals surface area contributed by atoms with Crippen molar-refractivity contribution in [3.05, 3.63) is 23.9 Å². The van der Waals surface area contributed by atoms with Crippen LogP contribution in [0, 0.1) is 5.41 Å². The Kier molecular flexibility index (Phi) is 9.95. The molecule has 3 rings (SSSR count). The Balaban J connectivity index is 0.00000300. The van der Waals surface area contributed by atoms with Crippen LogP contribution in [0.1, 0.15) is 51.5 Å². The highest BCUT2D eigenvalue weighted by molar-refractivity contribution is 14.0. The number of hydrogen-bond donors (Lipinski definition) is 2. The van der Waals surface area contributed by atoms with Crippen molar-refractivity contribution in [3.8, 4) is 0 Å². The average molecular weight is 515 g/mol. The topological polar surface area (TPSA) is 55.8 Å². The van der Waals surface area contributed by atoms with Crippen molar-refractivity contribution in [3.63, 3.8) is 0 Å². The summed E-state index contributed by atoms with van der Waals surface area (Å²) in [6, 6.07) is 4.30. The fourth-order valence-corrected chi connectivity index (χ4v) is 4.30. The highest BCUT2D eigenvalue weighted by atomic mass is 127. The summed E-state index contributed by atoms with van der Waals surface area (Å²) >= 11 is 0. The molecule has 0 radical (unpaired) electrons. The smallest absolute Gasteiger partial charge is 0.191 e. The first kappa shape index (κ1) is 24.2. The second-order valence-corrected chi connectivity index (χ2v) is 8.42. The number of likely N-dealkylation sites (N-methyl/N-ethyl adjacent to an activating group) is 1. The highest BCUT2D eigenvalue weighted by Gasteiger charge is 2.31. The van der Waals surface area contributed by atoms with Crippen molar-refractivity contribution in [2.75, 3.05) is 51.2 Å². The molecule has 0 spiro atoms. The maximum absolute atomic E-state index is 4.80. The molecule has 164 valence electrons. The van der Waals surface area contributed by atoms with E-state index in [1.54, 1.807) is 0 Å². The van der Waals surface area contributed by atoms with Crippen molar-refractivity contribution in [1.82, 2.24) is 20.5 Å². The van der Waals surface area contributed by atoms with Crippen LogP contribution in [0.25, 0.3) is 0 Å². The van der Waals surface area contributed by atoms with E-state index in [1.165, 1.54) is 32.1 Å². The fraction of sp³-hybridized carbons (Fsp3) is 0.727. The molecule has 6 nitrogen and oxygen atoms in total. The van der Waals surface area contributed by atoms with Gasteiger partial charge in [0.1, 0.15) is 5.82 Å². The van der Waals surface area contributed by atoms with E-state index in [0.717, 1.165) is 56.6 Å². The lowest BCUT2D eigenvalue weighted by Crippen LogP contribution is -2.44. The molecule has 1 aromatic heterocycles. The molecular weight excluding hydrogens is 475 g/mol. The summed E-state index contributed by atoms with van der Waals surface area (Å²) in [5.74, 6) is 2.00. The first-order valence-electron chi connectivity index (χ1n) is 11.0. The van der Waals surface area contributed by atoms with Crippen LogP contribution < -0.4 is 15.5 Å². The molecule has 29 heavy (non-hydrogen) atoms. The van der Waals surface area contributed by atoms with Crippen molar-refractivity contribution in [2.45, 2.75) is 52.5 Å². The Hall–Kier alpha value is -1.09. The predicted molar refractivity (Wildman–Crippen MR) is 133 cm³/mol. The number of pyridine rings is 1. The zero-order chi connectivity index (χ0) is 19.8. The van der Waals surface area contributed by atoms with Crippen LogP contribution in [0.2, 0.25) is 0 Å². The number of halogens is 1. The van der Waals surface area contributed by atoms with E-state index < -0.39 is 0 Å². The summed E-state index contributed by atoms with van der Waals surface area (Å²) in [6.07, 6.45) is 8.65. The molecule has 1 aliphatic carbocycles. The third-order valence-corrected chi connectivity index (χ3v) is 6.45. The van der Waals surface area contributed by atoms with E-state index in [0.29, 0.717) is 12.0 Å². The van der Waals surface area contributed by atoms with Gasteiger partial charge in [-0.25, -0.2) is 9.98 Å². The maximum atomic E-state index is 4.80. The van der Waals surface area contributed by atoms with E-state index in [4.69, 9.17) is 4.99 Å². The van der Waals surface area contributed by atoms with Gasteiger partial charge in [-0.05, 0) is 50.3 Å². The lowest BCUT2D eigenvalue weighted by Gasteiger charge is -2.33. The minimum Gasteiger partial charge on any atom is -0.357 e.